The maximum Gasteiger partial charge on any atom is 0.419 e. The molecule has 0 bridgehead atoms. The normalized spacial score (nSPS) is 11.4. The van der Waals surface area contributed by atoms with Gasteiger partial charge in [-0.25, -0.2) is 9.37 Å². The highest BCUT2D eigenvalue weighted by Gasteiger charge is 2.34. The molecule has 2 rings (SSSR count). The molecule has 2 aromatic rings. The van der Waals surface area contributed by atoms with Crippen LogP contribution < -0.4 is 10.5 Å². The molecule has 8 heteroatoms. The van der Waals surface area contributed by atoms with Gasteiger partial charge in [0.25, 0.3) is 0 Å². The summed E-state index contributed by atoms with van der Waals surface area (Å²) in [7, 11) is 0. The maximum absolute atomic E-state index is 13.1. The Balaban J connectivity index is 2.12. The summed E-state index contributed by atoms with van der Waals surface area (Å²) in [4.78, 5) is 7.63. The van der Waals surface area contributed by atoms with Crippen molar-refractivity contribution in [2.45, 2.75) is 12.8 Å². The number of benzene rings is 1. The van der Waals surface area contributed by atoms with Crippen molar-refractivity contribution in [3.63, 3.8) is 0 Å². The number of nitrogens with two attached hydrogens (primary N) is 1. The van der Waals surface area contributed by atoms with Crippen LogP contribution >= 0.6 is 0 Å². The predicted molar refractivity (Wildman–Crippen MR) is 62.2 cm³/mol. The van der Waals surface area contributed by atoms with Crippen LogP contribution in [0.2, 0.25) is 0 Å². The summed E-state index contributed by atoms with van der Waals surface area (Å²) >= 11 is 0. The Morgan fingerprint density at radius 3 is 2.50 bits per heavy atom. The van der Waals surface area contributed by atoms with Gasteiger partial charge in [0.2, 0.25) is 0 Å². The summed E-state index contributed by atoms with van der Waals surface area (Å²) in [5.74, 6) is -1.25. The average Bonchev–Trinajstić information content (AvgIpc) is 2.38. The highest BCUT2D eigenvalue weighted by molar-refractivity contribution is 5.32. The molecule has 0 atom stereocenters. The van der Waals surface area contributed by atoms with E-state index in [1.54, 1.807) is 0 Å². The number of alkyl halides is 3. The Morgan fingerprint density at radius 2 is 1.90 bits per heavy atom. The summed E-state index contributed by atoms with van der Waals surface area (Å²) in [5, 5.41) is 0. The van der Waals surface area contributed by atoms with Gasteiger partial charge in [-0.2, -0.15) is 13.2 Å². The molecule has 0 aliphatic rings. The molecule has 0 saturated carbocycles. The van der Waals surface area contributed by atoms with E-state index in [1.807, 2.05) is 0 Å². The van der Waals surface area contributed by atoms with Gasteiger partial charge < -0.3 is 10.5 Å². The Kier molecular flexibility index (Phi) is 3.73. The lowest BCUT2D eigenvalue weighted by molar-refractivity contribution is -0.140. The quantitative estimate of drug-likeness (QED) is 0.882. The zero-order chi connectivity index (χ0) is 14.8. The third-order valence-corrected chi connectivity index (χ3v) is 2.36. The molecule has 0 unspecified atom stereocenters. The van der Waals surface area contributed by atoms with Gasteiger partial charge in [-0.1, -0.05) is 0 Å². The van der Waals surface area contributed by atoms with E-state index in [0.29, 0.717) is 17.8 Å². The molecule has 106 valence electrons. The van der Waals surface area contributed by atoms with Crippen LogP contribution in [0.15, 0.2) is 30.6 Å². The van der Waals surface area contributed by atoms with E-state index in [-0.39, 0.29) is 18.2 Å². The van der Waals surface area contributed by atoms with Crippen LogP contribution in [0.1, 0.15) is 11.3 Å². The minimum atomic E-state index is -4.77. The summed E-state index contributed by atoms with van der Waals surface area (Å²) in [6.07, 6.45) is -2.14. The molecule has 1 heterocycles. The lowest BCUT2D eigenvalue weighted by atomic mass is 10.2. The first-order valence-corrected chi connectivity index (χ1v) is 5.42. The van der Waals surface area contributed by atoms with Gasteiger partial charge in [-0.3, -0.25) is 4.98 Å². The van der Waals surface area contributed by atoms with E-state index in [2.05, 4.69) is 9.97 Å². The minimum absolute atomic E-state index is 0.101. The van der Waals surface area contributed by atoms with E-state index >= 15 is 0 Å². The van der Waals surface area contributed by atoms with Crippen molar-refractivity contribution in [3.8, 4) is 5.75 Å². The van der Waals surface area contributed by atoms with Gasteiger partial charge in [0, 0.05) is 0 Å². The average molecular weight is 287 g/mol. The number of nitrogen functional groups attached to an aromatic ring is 1. The Bertz CT molecular complexity index is 599. The van der Waals surface area contributed by atoms with Crippen molar-refractivity contribution in [1.29, 1.82) is 0 Å². The molecular formula is C12H9F4N3O. The largest absolute Gasteiger partial charge is 0.487 e. The second-order valence-electron chi connectivity index (χ2n) is 3.86. The summed E-state index contributed by atoms with van der Waals surface area (Å²) in [5.41, 5.74) is 4.35. The van der Waals surface area contributed by atoms with Crippen LogP contribution in [0.5, 0.6) is 5.75 Å². The number of hydrogen-bond donors (Lipinski definition) is 1. The third kappa shape index (κ3) is 3.34. The number of nitrogens with zero attached hydrogens (tertiary/aromatic N) is 2. The van der Waals surface area contributed by atoms with Crippen molar-refractivity contribution in [2.75, 3.05) is 5.73 Å². The predicted octanol–water partition coefficient (Wildman–Crippen LogP) is 2.80. The Morgan fingerprint density at radius 1 is 1.15 bits per heavy atom. The molecule has 1 aromatic heterocycles. The molecule has 4 nitrogen and oxygen atoms in total. The molecule has 0 fully saturated rings. The zero-order valence-corrected chi connectivity index (χ0v) is 9.99. The molecular weight excluding hydrogens is 278 g/mol. The number of anilines is 1. The van der Waals surface area contributed by atoms with Gasteiger partial charge in [0.1, 0.15) is 24.0 Å². The highest BCUT2D eigenvalue weighted by atomic mass is 19.4. The maximum atomic E-state index is 13.1. The van der Waals surface area contributed by atoms with Gasteiger partial charge >= 0.3 is 6.18 Å². The van der Waals surface area contributed by atoms with Crippen molar-refractivity contribution in [1.82, 2.24) is 9.97 Å². The molecule has 0 radical (unpaired) electrons. The van der Waals surface area contributed by atoms with Gasteiger partial charge in [0.05, 0.1) is 23.7 Å². The molecule has 0 saturated heterocycles. The number of aromatic nitrogens is 2. The fraction of sp³-hybridized carbons (Fsp3) is 0.167. The number of rotatable bonds is 3. The minimum Gasteiger partial charge on any atom is -0.487 e. The lowest BCUT2D eigenvalue weighted by Gasteiger charge is -2.11. The second-order valence-corrected chi connectivity index (χ2v) is 3.86. The summed E-state index contributed by atoms with van der Waals surface area (Å²) in [6.45, 7) is -0.101. The van der Waals surface area contributed by atoms with Gasteiger partial charge in [-0.05, 0) is 18.2 Å². The first-order valence-electron chi connectivity index (χ1n) is 5.42. The summed E-state index contributed by atoms with van der Waals surface area (Å²) < 4.78 is 55.7. The molecule has 1 aromatic carbocycles. The van der Waals surface area contributed by atoms with Crippen LogP contribution in [0.3, 0.4) is 0 Å². The molecule has 0 aliphatic heterocycles. The fourth-order valence-corrected chi connectivity index (χ4v) is 1.41. The van der Waals surface area contributed by atoms with Crippen molar-refractivity contribution in [2.24, 2.45) is 0 Å². The van der Waals surface area contributed by atoms with Crippen molar-refractivity contribution >= 4 is 5.82 Å². The van der Waals surface area contributed by atoms with Crippen LogP contribution in [-0.2, 0) is 12.8 Å². The first-order chi connectivity index (χ1) is 9.36. The number of halogens is 4. The van der Waals surface area contributed by atoms with Crippen LogP contribution in [0.4, 0.5) is 23.4 Å². The topological polar surface area (TPSA) is 61.0 Å². The van der Waals surface area contributed by atoms with Gasteiger partial charge in [-0.15, -0.1) is 0 Å². The Labute approximate surface area is 111 Å². The number of hydrogen-bond acceptors (Lipinski definition) is 4. The smallest absolute Gasteiger partial charge is 0.419 e. The first kappa shape index (κ1) is 14.0. The van der Waals surface area contributed by atoms with E-state index in [4.69, 9.17) is 10.5 Å². The highest BCUT2D eigenvalue weighted by Crippen LogP contribution is 2.33. The Hall–Kier alpha value is -2.38. The SMILES string of the molecule is Nc1cnc(COc2ccc(F)c(C(F)(F)F)c2)cn1. The second kappa shape index (κ2) is 5.32. The zero-order valence-electron chi connectivity index (χ0n) is 9.99. The lowest BCUT2D eigenvalue weighted by Crippen LogP contribution is -2.09. The third-order valence-electron chi connectivity index (χ3n) is 2.36. The van der Waals surface area contributed by atoms with E-state index in [0.717, 1.165) is 6.07 Å². The van der Waals surface area contributed by atoms with E-state index in [9.17, 15) is 17.6 Å². The van der Waals surface area contributed by atoms with Crippen LogP contribution in [0, 0.1) is 5.82 Å². The molecule has 2 N–H and O–H groups in total. The molecule has 20 heavy (non-hydrogen) atoms. The van der Waals surface area contributed by atoms with Crippen molar-refractivity contribution in [3.05, 3.63) is 47.7 Å². The monoisotopic (exact) mass is 287 g/mol. The number of ether oxygens (including phenoxy) is 1. The van der Waals surface area contributed by atoms with E-state index in [1.165, 1.54) is 12.4 Å². The van der Waals surface area contributed by atoms with Crippen LogP contribution in [0.25, 0.3) is 0 Å². The standard InChI is InChI=1S/C12H9F4N3O/c13-10-2-1-8(3-9(10)12(14,15)16)20-6-7-4-19-11(17)5-18-7/h1-5H,6H2,(H2,17,19). The molecule has 0 aliphatic carbocycles. The summed E-state index contributed by atoms with van der Waals surface area (Å²) in [6, 6.07) is 2.40. The van der Waals surface area contributed by atoms with Gasteiger partial charge in [0.15, 0.2) is 0 Å². The van der Waals surface area contributed by atoms with E-state index < -0.39 is 17.6 Å². The van der Waals surface area contributed by atoms with Crippen LogP contribution in [-0.4, -0.2) is 9.97 Å². The van der Waals surface area contributed by atoms with Crippen molar-refractivity contribution < 1.29 is 22.3 Å². The fourth-order valence-electron chi connectivity index (χ4n) is 1.41. The molecule has 0 amide bonds. The molecule has 0 spiro atoms.